The Hall–Kier alpha value is -3.68. The summed E-state index contributed by atoms with van der Waals surface area (Å²) < 4.78 is 16.3. The third-order valence-corrected chi connectivity index (χ3v) is 4.64. The van der Waals surface area contributed by atoms with Gasteiger partial charge in [-0.3, -0.25) is 9.59 Å². The molecule has 0 fully saturated rings. The standard InChI is InChI=1S/C21H21N3O5/c1-12(20(25)23-13-6-7-18-19(10-13)29-9-8-28-18)22-21(26)16-11-14-15(24-16)4-3-5-17(14)27-2/h3-7,10-12,24H,8-9H2,1-2H3,(H,22,26)(H,23,25)/t12-/m1/s1. The first-order valence-electron chi connectivity index (χ1n) is 9.22. The molecule has 3 aromatic rings. The van der Waals surface area contributed by atoms with E-state index < -0.39 is 6.04 Å². The minimum atomic E-state index is -0.746. The molecule has 1 aliphatic heterocycles. The van der Waals surface area contributed by atoms with Gasteiger partial charge in [0.15, 0.2) is 11.5 Å². The Kier molecular flexibility index (Phi) is 4.99. The third kappa shape index (κ3) is 3.82. The van der Waals surface area contributed by atoms with Gasteiger partial charge in [-0.25, -0.2) is 0 Å². The molecule has 0 unspecified atom stereocenters. The number of anilines is 1. The molecule has 0 saturated heterocycles. The van der Waals surface area contributed by atoms with Gasteiger partial charge >= 0.3 is 0 Å². The van der Waals surface area contributed by atoms with E-state index in [9.17, 15) is 9.59 Å². The van der Waals surface area contributed by atoms with E-state index in [1.807, 2.05) is 18.2 Å². The summed E-state index contributed by atoms with van der Waals surface area (Å²) in [6.07, 6.45) is 0. The molecule has 0 saturated carbocycles. The number of carbonyl (C=O) groups is 2. The molecule has 1 atom stereocenters. The smallest absolute Gasteiger partial charge is 0.268 e. The average molecular weight is 395 g/mol. The lowest BCUT2D eigenvalue weighted by atomic mass is 10.2. The molecule has 0 bridgehead atoms. The second kappa shape index (κ2) is 7.75. The highest BCUT2D eigenvalue weighted by molar-refractivity contribution is 6.03. The molecule has 8 nitrogen and oxygen atoms in total. The van der Waals surface area contributed by atoms with E-state index in [0.29, 0.717) is 41.8 Å². The summed E-state index contributed by atoms with van der Waals surface area (Å²) in [4.78, 5) is 28.1. The van der Waals surface area contributed by atoms with Gasteiger partial charge in [0.1, 0.15) is 30.7 Å². The highest BCUT2D eigenvalue weighted by atomic mass is 16.6. The van der Waals surface area contributed by atoms with Crippen LogP contribution in [0, 0.1) is 0 Å². The van der Waals surface area contributed by atoms with Crippen LogP contribution < -0.4 is 24.8 Å². The average Bonchev–Trinajstić information content (AvgIpc) is 3.18. The summed E-state index contributed by atoms with van der Waals surface area (Å²) in [7, 11) is 1.58. The topological polar surface area (TPSA) is 102 Å². The van der Waals surface area contributed by atoms with Crippen LogP contribution in [0.15, 0.2) is 42.5 Å². The fraction of sp³-hybridized carbons (Fsp3) is 0.238. The maximum absolute atomic E-state index is 12.6. The Morgan fingerprint density at radius 1 is 1.10 bits per heavy atom. The highest BCUT2D eigenvalue weighted by Crippen LogP contribution is 2.32. The number of fused-ring (bicyclic) bond motifs is 2. The SMILES string of the molecule is COc1cccc2[nH]c(C(=O)N[C@H](C)C(=O)Nc3ccc4c(c3)OCCO4)cc12. The molecule has 29 heavy (non-hydrogen) atoms. The van der Waals surface area contributed by atoms with E-state index in [1.165, 1.54) is 0 Å². The molecule has 150 valence electrons. The van der Waals surface area contributed by atoms with Crippen molar-refractivity contribution in [2.24, 2.45) is 0 Å². The van der Waals surface area contributed by atoms with Crippen LogP contribution in [-0.4, -0.2) is 43.2 Å². The van der Waals surface area contributed by atoms with Crippen molar-refractivity contribution in [3.05, 3.63) is 48.2 Å². The zero-order valence-corrected chi connectivity index (χ0v) is 16.1. The first kappa shape index (κ1) is 18.7. The van der Waals surface area contributed by atoms with E-state index in [2.05, 4.69) is 15.6 Å². The molecule has 1 aromatic heterocycles. The van der Waals surface area contributed by atoms with Gasteiger partial charge in [-0.1, -0.05) is 6.07 Å². The van der Waals surface area contributed by atoms with Crippen molar-refractivity contribution in [3.63, 3.8) is 0 Å². The first-order chi connectivity index (χ1) is 14.0. The molecule has 8 heteroatoms. The molecule has 2 heterocycles. The molecule has 0 spiro atoms. The van der Waals surface area contributed by atoms with Crippen molar-refractivity contribution in [2.75, 3.05) is 25.6 Å². The van der Waals surface area contributed by atoms with E-state index in [1.54, 1.807) is 38.3 Å². The van der Waals surface area contributed by atoms with E-state index >= 15 is 0 Å². The van der Waals surface area contributed by atoms with Gasteiger partial charge in [0.05, 0.1) is 7.11 Å². The number of amides is 2. The van der Waals surface area contributed by atoms with Crippen LogP contribution >= 0.6 is 0 Å². The van der Waals surface area contributed by atoms with E-state index in [-0.39, 0.29) is 11.8 Å². The number of nitrogens with one attached hydrogen (secondary N) is 3. The highest BCUT2D eigenvalue weighted by Gasteiger charge is 2.20. The predicted octanol–water partition coefficient (Wildman–Crippen LogP) is 2.70. The zero-order valence-electron chi connectivity index (χ0n) is 16.1. The van der Waals surface area contributed by atoms with Crippen LogP contribution in [0.4, 0.5) is 5.69 Å². The minimum absolute atomic E-state index is 0.344. The molecule has 3 N–H and O–H groups in total. The summed E-state index contributed by atoms with van der Waals surface area (Å²) in [6.45, 7) is 2.59. The second-order valence-electron chi connectivity index (χ2n) is 6.65. The van der Waals surface area contributed by atoms with Crippen LogP contribution in [0.1, 0.15) is 17.4 Å². The van der Waals surface area contributed by atoms with Gasteiger partial charge in [-0.15, -0.1) is 0 Å². The van der Waals surface area contributed by atoms with Crippen LogP contribution in [0.3, 0.4) is 0 Å². The van der Waals surface area contributed by atoms with E-state index in [4.69, 9.17) is 14.2 Å². The lowest BCUT2D eigenvalue weighted by Gasteiger charge is -2.19. The Morgan fingerprint density at radius 3 is 2.69 bits per heavy atom. The van der Waals surface area contributed by atoms with Gasteiger partial charge in [0, 0.05) is 22.7 Å². The second-order valence-corrected chi connectivity index (χ2v) is 6.65. The molecule has 0 aliphatic carbocycles. The van der Waals surface area contributed by atoms with Crippen LogP contribution in [-0.2, 0) is 4.79 Å². The summed E-state index contributed by atoms with van der Waals surface area (Å²) in [5.74, 6) is 1.17. The number of hydrogen-bond acceptors (Lipinski definition) is 5. The summed E-state index contributed by atoms with van der Waals surface area (Å²) in [5, 5.41) is 6.27. The lowest BCUT2D eigenvalue weighted by molar-refractivity contribution is -0.117. The van der Waals surface area contributed by atoms with Crippen molar-refractivity contribution in [3.8, 4) is 17.2 Å². The number of rotatable bonds is 5. The molecule has 2 amide bonds. The van der Waals surface area contributed by atoms with Crippen molar-refractivity contribution >= 4 is 28.4 Å². The van der Waals surface area contributed by atoms with Gasteiger partial charge in [0.2, 0.25) is 5.91 Å². The van der Waals surface area contributed by atoms with Crippen LogP contribution in [0.25, 0.3) is 10.9 Å². The Morgan fingerprint density at radius 2 is 1.90 bits per heavy atom. The fourth-order valence-electron chi connectivity index (χ4n) is 3.14. The van der Waals surface area contributed by atoms with Gasteiger partial charge in [-0.2, -0.15) is 0 Å². The minimum Gasteiger partial charge on any atom is -0.496 e. The van der Waals surface area contributed by atoms with Crippen molar-refractivity contribution in [2.45, 2.75) is 13.0 Å². The molecular weight excluding hydrogens is 374 g/mol. The monoisotopic (exact) mass is 395 g/mol. The van der Waals surface area contributed by atoms with Crippen molar-refractivity contribution in [1.29, 1.82) is 0 Å². The van der Waals surface area contributed by atoms with Crippen LogP contribution in [0.2, 0.25) is 0 Å². The maximum atomic E-state index is 12.6. The number of benzene rings is 2. The predicted molar refractivity (Wildman–Crippen MR) is 108 cm³/mol. The largest absolute Gasteiger partial charge is 0.496 e. The quantitative estimate of drug-likeness (QED) is 0.617. The number of H-pyrrole nitrogens is 1. The van der Waals surface area contributed by atoms with Crippen molar-refractivity contribution in [1.82, 2.24) is 10.3 Å². The number of carbonyl (C=O) groups excluding carboxylic acids is 2. The van der Waals surface area contributed by atoms with Gasteiger partial charge < -0.3 is 29.8 Å². The van der Waals surface area contributed by atoms with Crippen molar-refractivity contribution < 1.29 is 23.8 Å². The normalized spacial score (nSPS) is 13.6. The van der Waals surface area contributed by atoms with Crippen LogP contribution in [0.5, 0.6) is 17.2 Å². The lowest BCUT2D eigenvalue weighted by Crippen LogP contribution is -2.41. The number of methoxy groups -OCH3 is 1. The Labute approximate surface area is 167 Å². The van der Waals surface area contributed by atoms with Gasteiger partial charge in [-0.05, 0) is 37.3 Å². The number of ether oxygens (including phenoxy) is 3. The molecule has 4 rings (SSSR count). The molecule has 2 aromatic carbocycles. The third-order valence-electron chi connectivity index (χ3n) is 4.64. The molecular formula is C21H21N3O5. The molecule has 1 aliphatic rings. The number of aromatic nitrogens is 1. The Bertz CT molecular complexity index is 1080. The fourth-order valence-corrected chi connectivity index (χ4v) is 3.14. The number of aromatic amines is 1. The maximum Gasteiger partial charge on any atom is 0.268 e. The Balaban J connectivity index is 1.42. The number of hydrogen-bond donors (Lipinski definition) is 3. The molecule has 0 radical (unpaired) electrons. The van der Waals surface area contributed by atoms with E-state index in [0.717, 1.165) is 10.9 Å². The summed E-state index contributed by atoms with van der Waals surface area (Å²) in [6, 6.07) is 11.6. The summed E-state index contributed by atoms with van der Waals surface area (Å²) >= 11 is 0. The summed E-state index contributed by atoms with van der Waals surface area (Å²) in [5.41, 5.74) is 1.70. The first-order valence-corrected chi connectivity index (χ1v) is 9.22. The zero-order chi connectivity index (χ0) is 20.4. The van der Waals surface area contributed by atoms with Gasteiger partial charge in [0.25, 0.3) is 5.91 Å².